The first-order chi connectivity index (χ1) is 11.5. The molecule has 0 radical (unpaired) electrons. The molecule has 2 aromatic carbocycles. The third-order valence-corrected chi connectivity index (χ3v) is 3.58. The molecule has 0 atom stereocenters. The standard InChI is InChI=1S/C16H12BrN3O4/c17-12-7-3-4-8-13(12)19-14(21)15(22)20-18-9-10-5-1-2-6-11(10)16(23)24/h1-9H,(H,19,21)(H,20,22)(H,23,24). The number of hydrogen-bond acceptors (Lipinski definition) is 4. The van der Waals surface area contributed by atoms with Crippen LogP contribution in [0.25, 0.3) is 0 Å². The van der Waals surface area contributed by atoms with Crippen LogP contribution in [0.1, 0.15) is 15.9 Å². The highest BCUT2D eigenvalue weighted by Gasteiger charge is 2.14. The summed E-state index contributed by atoms with van der Waals surface area (Å²) in [5.74, 6) is -2.99. The zero-order valence-electron chi connectivity index (χ0n) is 12.2. The van der Waals surface area contributed by atoms with E-state index in [0.29, 0.717) is 15.7 Å². The van der Waals surface area contributed by atoms with Gasteiger partial charge in [0.15, 0.2) is 0 Å². The van der Waals surface area contributed by atoms with E-state index < -0.39 is 17.8 Å². The number of hydrogen-bond donors (Lipinski definition) is 3. The monoisotopic (exact) mass is 389 g/mol. The van der Waals surface area contributed by atoms with Gasteiger partial charge in [-0.15, -0.1) is 0 Å². The lowest BCUT2D eigenvalue weighted by atomic mass is 10.1. The SMILES string of the molecule is O=C(NN=Cc1ccccc1C(=O)O)C(=O)Nc1ccccc1Br. The van der Waals surface area contributed by atoms with Crippen LogP contribution < -0.4 is 10.7 Å². The molecule has 0 bridgehead atoms. The number of carboxylic acids is 1. The molecular formula is C16H12BrN3O4. The van der Waals surface area contributed by atoms with E-state index >= 15 is 0 Å². The van der Waals surface area contributed by atoms with Crippen molar-refractivity contribution < 1.29 is 19.5 Å². The molecule has 0 aliphatic carbocycles. The molecule has 0 aromatic heterocycles. The van der Waals surface area contributed by atoms with Gasteiger partial charge in [-0.2, -0.15) is 5.10 Å². The predicted molar refractivity (Wildman–Crippen MR) is 91.9 cm³/mol. The second-order valence-corrected chi connectivity index (χ2v) is 5.38. The molecule has 0 spiro atoms. The minimum Gasteiger partial charge on any atom is -0.478 e. The van der Waals surface area contributed by atoms with Gasteiger partial charge in [0.1, 0.15) is 0 Å². The van der Waals surface area contributed by atoms with Gasteiger partial charge < -0.3 is 10.4 Å². The number of nitrogens with one attached hydrogen (secondary N) is 2. The van der Waals surface area contributed by atoms with Crippen molar-refractivity contribution in [1.82, 2.24) is 5.43 Å². The van der Waals surface area contributed by atoms with Crippen LogP contribution in [0.5, 0.6) is 0 Å². The molecule has 0 aliphatic rings. The zero-order valence-corrected chi connectivity index (χ0v) is 13.8. The maximum atomic E-state index is 11.8. The summed E-state index contributed by atoms with van der Waals surface area (Å²) in [6, 6.07) is 13.0. The molecule has 0 saturated heterocycles. The maximum absolute atomic E-state index is 11.8. The van der Waals surface area contributed by atoms with E-state index in [4.69, 9.17) is 5.11 Å². The molecule has 0 unspecified atom stereocenters. The maximum Gasteiger partial charge on any atom is 0.336 e. The van der Waals surface area contributed by atoms with Crippen LogP contribution in [0.3, 0.4) is 0 Å². The third-order valence-electron chi connectivity index (χ3n) is 2.89. The summed E-state index contributed by atoms with van der Waals surface area (Å²) in [5, 5.41) is 15.1. The number of anilines is 1. The molecule has 2 aromatic rings. The normalized spacial score (nSPS) is 10.4. The van der Waals surface area contributed by atoms with Gasteiger partial charge in [0, 0.05) is 10.0 Å². The predicted octanol–water partition coefficient (Wildman–Crippen LogP) is 2.24. The Bertz CT molecular complexity index is 820. The molecule has 3 N–H and O–H groups in total. The summed E-state index contributed by atoms with van der Waals surface area (Å²) in [5.41, 5.74) is 2.83. The average Bonchev–Trinajstić information content (AvgIpc) is 2.57. The lowest BCUT2D eigenvalue weighted by Gasteiger charge is -2.05. The van der Waals surface area contributed by atoms with Crippen LogP contribution in [0.4, 0.5) is 5.69 Å². The van der Waals surface area contributed by atoms with Crippen LogP contribution in [-0.4, -0.2) is 29.1 Å². The largest absolute Gasteiger partial charge is 0.478 e. The molecule has 0 fully saturated rings. The first kappa shape index (κ1) is 17.4. The molecule has 2 rings (SSSR count). The highest BCUT2D eigenvalue weighted by molar-refractivity contribution is 9.10. The van der Waals surface area contributed by atoms with Gasteiger partial charge in [-0.3, -0.25) is 9.59 Å². The topological polar surface area (TPSA) is 108 Å². The van der Waals surface area contributed by atoms with E-state index in [1.165, 1.54) is 12.1 Å². The van der Waals surface area contributed by atoms with E-state index in [2.05, 4.69) is 26.3 Å². The van der Waals surface area contributed by atoms with Crippen LogP contribution in [0.15, 0.2) is 58.1 Å². The number of halogens is 1. The first-order valence-corrected chi connectivity index (χ1v) is 7.49. The third kappa shape index (κ3) is 4.50. The lowest BCUT2D eigenvalue weighted by molar-refractivity contribution is -0.136. The Morgan fingerprint density at radius 2 is 1.67 bits per heavy atom. The molecule has 7 nitrogen and oxygen atoms in total. The number of aromatic carboxylic acids is 1. The van der Waals surface area contributed by atoms with Crippen molar-refractivity contribution in [3.63, 3.8) is 0 Å². The van der Waals surface area contributed by atoms with Gasteiger partial charge in [-0.25, -0.2) is 10.2 Å². The Morgan fingerprint density at radius 3 is 2.38 bits per heavy atom. The molecule has 24 heavy (non-hydrogen) atoms. The van der Waals surface area contributed by atoms with Crippen LogP contribution in [0.2, 0.25) is 0 Å². The van der Waals surface area contributed by atoms with Crippen molar-refractivity contribution in [2.75, 3.05) is 5.32 Å². The van der Waals surface area contributed by atoms with E-state index in [0.717, 1.165) is 6.21 Å². The number of carbonyl (C=O) groups is 3. The number of carbonyl (C=O) groups excluding carboxylic acids is 2. The number of amides is 2. The average molecular weight is 390 g/mol. The molecule has 8 heteroatoms. The number of hydrazone groups is 1. The summed E-state index contributed by atoms with van der Waals surface area (Å²) in [7, 11) is 0. The minimum atomic E-state index is -1.12. The number of rotatable bonds is 4. The summed E-state index contributed by atoms with van der Waals surface area (Å²) < 4.78 is 0.630. The smallest absolute Gasteiger partial charge is 0.336 e. The van der Waals surface area contributed by atoms with Crippen molar-refractivity contribution in [1.29, 1.82) is 0 Å². The second kappa shape index (κ2) is 8.02. The molecule has 0 aliphatic heterocycles. The number of benzene rings is 2. The lowest BCUT2D eigenvalue weighted by Crippen LogP contribution is -2.32. The molecule has 0 saturated carbocycles. The van der Waals surface area contributed by atoms with Crippen LogP contribution in [-0.2, 0) is 9.59 Å². The fourth-order valence-electron chi connectivity index (χ4n) is 1.76. The Morgan fingerprint density at radius 1 is 1.00 bits per heavy atom. The van der Waals surface area contributed by atoms with Crippen molar-refractivity contribution >= 4 is 45.6 Å². The van der Waals surface area contributed by atoms with Gasteiger partial charge in [0.05, 0.1) is 17.5 Å². The van der Waals surface area contributed by atoms with E-state index in [9.17, 15) is 14.4 Å². The second-order valence-electron chi connectivity index (χ2n) is 4.53. The van der Waals surface area contributed by atoms with Crippen molar-refractivity contribution in [3.8, 4) is 0 Å². The van der Waals surface area contributed by atoms with Crippen LogP contribution >= 0.6 is 15.9 Å². The highest BCUT2D eigenvalue weighted by Crippen LogP contribution is 2.20. The number of nitrogens with zero attached hydrogens (tertiary/aromatic N) is 1. The van der Waals surface area contributed by atoms with Crippen molar-refractivity contribution in [3.05, 3.63) is 64.1 Å². The Hall–Kier alpha value is -3.00. The summed E-state index contributed by atoms with van der Waals surface area (Å²) in [6.07, 6.45) is 1.16. The molecule has 0 heterocycles. The number of para-hydroxylation sites is 1. The summed E-state index contributed by atoms with van der Waals surface area (Å²) in [6.45, 7) is 0. The minimum absolute atomic E-state index is 0.0353. The first-order valence-electron chi connectivity index (χ1n) is 6.70. The fraction of sp³-hybridized carbons (Fsp3) is 0. The Balaban J connectivity index is 1.99. The zero-order chi connectivity index (χ0) is 17.5. The van der Waals surface area contributed by atoms with Gasteiger partial charge in [-0.1, -0.05) is 30.3 Å². The summed E-state index contributed by atoms with van der Waals surface area (Å²) in [4.78, 5) is 34.5. The molecular weight excluding hydrogens is 378 g/mol. The van der Waals surface area contributed by atoms with E-state index in [1.807, 2.05) is 5.43 Å². The fourth-order valence-corrected chi connectivity index (χ4v) is 2.14. The number of carboxylic acid groups (broad SMARTS) is 1. The quantitative estimate of drug-likeness (QED) is 0.423. The van der Waals surface area contributed by atoms with Gasteiger partial charge in [-0.05, 0) is 34.1 Å². The highest BCUT2D eigenvalue weighted by atomic mass is 79.9. The van der Waals surface area contributed by atoms with Gasteiger partial charge in [0.25, 0.3) is 0 Å². The van der Waals surface area contributed by atoms with Crippen LogP contribution in [0, 0.1) is 0 Å². The van der Waals surface area contributed by atoms with E-state index in [-0.39, 0.29) is 5.56 Å². The van der Waals surface area contributed by atoms with Gasteiger partial charge >= 0.3 is 17.8 Å². The Kier molecular flexibility index (Phi) is 5.80. The van der Waals surface area contributed by atoms with Crippen molar-refractivity contribution in [2.45, 2.75) is 0 Å². The molecule has 122 valence electrons. The summed E-state index contributed by atoms with van der Waals surface area (Å²) >= 11 is 3.25. The van der Waals surface area contributed by atoms with E-state index in [1.54, 1.807) is 36.4 Å². The Labute approximate surface area is 145 Å². The molecule has 2 amide bonds. The van der Waals surface area contributed by atoms with Gasteiger partial charge in [0.2, 0.25) is 0 Å². The van der Waals surface area contributed by atoms with Crippen molar-refractivity contribution in [2.24, 2.45) is 5.10 Å².